The smallest absolute Gasteiger partial charge is 0.497 e. The van der Waals surface area contributed by atoms with Crippen LogP contribution in [0.25, 0.3) is 0 Å². The third kappa shape index (κ3) is 4.93. The van der Waals surface area contributed by atoms with Gasteiger partial charge in [-0.25, -0.2) is 9.37 Å². The number of benzene rings is 2. The highest BCUT2D eigenvalue weighted by Gasteiger charge is 2.65. The van der Waals surface area contributed by atoms with E-state index >= 15 is 0 Å². The molecule has 0 unspecified atom stereocenters. The number of anilines is 4. The van der Waals surface area contributed by atoms with Gasteiger partial charge in [-0.2, -0.15) is 35.7 Å². The van der Waals surface area contributed by atoms with Gasteiger partial charge in [-0.1, -0.05) is 0 Å². The lowest BCUT2D eigenvalue weighted by Gasteiger charge is -2.31. The Hall–Kier alpha value is -4.04. The van der Waals surface area contributed by atoms with Crippen molar-refractivity contribution in [3.8, 4) is 17.2 Å². The van der Waals surface area contributed by atoms with Crippen molar-refractivity contribution in [3.63, 3.8) is 0 Å². The molecule has 35 heavy (non-hydrogen) atoms. The second kappa shape index (κ2) is 8.32. The minimum Gasteiger partial charge on any atom is -0.497 e. The van der Waals surface area contributed by atoms with Gasteiger partial charge in [0, 0.05) is 23.5 Å². The molecule has 0 saturated carbocycles. The average Bonchev–Trinajstić information content (AvgIpc) is 2.76. The lowest BCUT2D eigenvalue weighted by Crippen LogP contribution is -2.52. The molecule has 7 nitrogen and oxygen atoms in total. The van der Waals surface area contributed by atoms with E-state index in [9.17, 15) is 35.1 Å². The standard InChI is InChI=1S/C20H12F8N4O3/c1-33-12-5-9(18(22,23)24)4-11(6-12)31-17-29-8-13(21)16(32-17)30-10-2-3-14-15(7-10)35-20(27,28)19(25,26)34-14/h2-8H,1H3,(H2,29,30,31,32). The van der Waals surface area contributed by atoms with Gasteiger partial charge in [0.05, 0.1) is 18.9 Å². The molecule has 2 heterocycles. The molecule has 0 saturated heterocycles. The summed E-state index contributed by atoms with van der Waals surface area (Å²) in [5, 5.41) is 4.89. The van der Waals surface area contributed by atoms with E-state index in [2.05, 4.69) is 30.1 Å². The van der Waals surface area contributed by atoms with Crippen molar-refractivity contribution >= 4 is 23.1 Å². The number of nitrogens with zero attached hydrogens (tertiary/aromatic N) is 2. The molecule has 1 aromatic heterocycles. The Morgan fingerprint density at radius 2 is 1.57 bits per heavy atom. The molecular formula is C20H12F8N4O3. The summed E-state index contributed by atoms with van der Waals surface area (Å²) in [6.07, 6.45) is -13.8. The monoisotopic (exact) mass is 508 g/mol. The van der Waals surface area contributed by atoms with Gasteiger partial charge in [-0.3, -0.25) is 0 Å². The highest BCUT2D eigenvalue weighted by atomic mass is 19.4. The predicted octanol–water partition coefficient (Wildman–Crippen LogP) is 6.09. The van der Waals surface area contributed by atoms with Crippen LogP contribution in [0.5, 0.6) is 17.2 Å². The molecule has 0 bridgehead atoms. The van der Waals surface area contributed by atoms with Gasteiger partial charge in [0.15, 0.2) is 23.1 Å². The highest BCUT2D eigenvalue weighted by molar-refractivity contribution is 5.64. The molecule has 0 aliphatic carbocycles. The Morgan fingerprint density at radius 1 is 0.886 bits per heavy atom. The van der Waals surface area contributed by atoms with Gasteiger partial charge in [-0.15, -0.1) is 0 Å². The van der Waals surface area contributed by atoms with Crippen LogP contribution in [0.1, 0.15) is 5.56 Å². The van der Waals surface area contributed by atoms with E-state index in [1.54, 1.807) is 0 Å². The zero-order valence-electron chi connectivity index (χ0n) is 17.2. The molecule has 2 aromatic carbocycles. The molecule has 2 N–H and O–H groups in total. The number of fused-ring (bicyclic) bond motifs is 1. The number of halogens is 8. The van der Waals surface area contributed by atoms with E-state index in [-0.39, 0.29) is 23.1 Å². The number of hydrogen-bond acceptors (Lipinski definition) is 7. The van der Waals surface area contributed by atoms with Crippen LogP contribution < -0.4 is 24.8 Å². The molecule has 186 valence electrons. The van der Waals surface area contributed by atoms with Crippen LogP contribution in [-0.2, 0) is 6.18 Å². The van der Waals surface area contributed by atoms with Crippen molar-refractivity contribution in [2.75, 3.05) is 17.7 Å². The minimum absolute atomic E-state index is 0.113. The van der Waals surface area contributed by atoms with Crippen molar-refractivity contribution in [1.29, 1.82) is 0 Å². The largest absolute Gasteiger partial charge is 0.507 e. The molecule has 15 heteroatoms. The molecule has 4 rings (SSSR count). The van der Waals surface area contributed by atoms with Gasteiger partial charge in [0.25, 0.3) is 0 Å². The Morgan fingerprint density at radius 3 is 2.23 bits per heavy atom. The number of hydrogen-bond donors (Lipinski definition) is 2. The molecule has 1 aliphatic rings. The number of ether oxygens (including phenoxy) is 3. The first-order valence-electron chi connectivity index (χ1n) is 9.38. The van der Waals surface area contributed by atoms with Crippen molar-refractivity contribution in [1.82, 2.24) is 9.97 Å². The zero-order chi connectivity index (χ0) is 25.6. The molecule has 3 aromatic rings. The van der Waals surface area contributed by atoms with Crippen LogP contribution in [-0.4, -0.2) is 29.3 Å². The second-order valence-corrected chi connectivity index (χ2v) is 6.99. The summed E-state index contributed by atoms with van der Waals surface area (Å²) >= 11 is 0. The Kier molecular flexibility index (Phi) is 5.73. The van der Waals surface area contributed by atoms with E-state index in [1.807, 2.05) is 0 Å². The number of alkyl halides is 7. The van der Waals surface area contributed by atoms with Crippen LogP contribution in [0.3, 0.4) is 0 Å². The second-order valence-electron chi connectivity index (χ2n) is 6.99. The number of aromatic nitrogens is 2. The van der Waals surface area contributed by atoms with Crippen LogP contribution >= 0.6 is 0 Å². The summed E-state index contributed by atoms with van der Waals surface area (Å²) in [6.45, 7) is 0. The summed E-state index contributed by atoms with van der Waals surface area (Å²) in [4.78, 5) is 7.45. The first-order chi connectivity index (χ1) is 16.3. The van der Waals surface area contributed by atoms with E-state index in [4.69, 9.17) is 4.74 Å². The normalized spacial score (nSPS) is 15.9. The maximum atomic E-state index is 14.2. The fourth-order valence-electron chi connectivity index (χ4n) is 2.88. The maximum Gasteiger partial charge on any atom is 0.507 e. The van der Waals surface area contributed by atoms with Gasteiger partial charge in [0.1, 0.15) is 5.75 Å². The van der Waals surface area contributed by atoms with Crippen molar-refractivity contribution in [2.24, 2.45) is 0 Å². The van der Waals surface area contributed by atoms with E-state index in [0.29, 0.717) is 6.20 Å². The first kappa shape index (κ1) is 24.1. The Balaban J connectivity index is 1.59. The minimum atomic E-state index is -4.96. The van der Waals surface area contributed by atoms with Crippen LogP contribution in [0.15, 0.2) is 42.6 Å². The van der Waals surface area contributed by atoms with Gasteiger partial charge in [-0.05, 0) is 24.3 Å². The van der Waals surface area contributed by atoms with E-state index in [0.717, 1.165) is 30.3 Å². The summed E-state index contributed by atoms with van der Waals surface area (Å²) in [7, 11) is 1.17. The van der Waals surface area contributed by atoms with Crippen molar-refractivity contribution in [2.45, 2.75) is 18.4 Å². The molecule has 0 spiro atoms. The van der Waals surface area contributed by atoms with Crippen LogP contribution in [0, 0.1) is 5.82 Å². The van der Waals surface area contributed by atoms with Gasteiger partial charge in [0.2, 0.25) is 5.95 Å². The number of nitrogens with one attached hydrogen (secondary N) is 2. The molecule has 1 aliphatic heterocycles. The lowest BCUT2D eigenvalue weighted by atomic mass is 10.2. The van der Waals surface area contributed by atoms with Crippen LogP contribution in [0.2, 0.25) is 0 Å². The molecule has 0 radical (unpaired) electrons. The van der Waals surface area contributed by atoms with Crippen LogP contribution in [0.4, 0.5) is 58.3 Å². The predicted molar refractivity (Wildman–Crippen MR) is 104 cm³/mol. The molecule has 0 amide bonds. The SMILES string of the molecule is COc1cc(Nc2ncc(F)c(Nc3ccc4c(c3)OC(F)(F)C(F)(F)O4)n2)cc(C(F)(F)F)c1. The van der Waals surface area contributed by atoms with E-state index in [1.165, 1.54) is 13.2 Å². The average molecular weight is 508 g/mol. The summed E-state index contributed by atoms with van der Waals surface area (Å²) in [5.41, 5.74) is -1.27. The highest BCUT2D eigenvalue weighted by Crippen LogP contribution is 2.47. The zero-order valence-corrected chi connectivity index (χ0v) is 17.2. The number of methoxy groups -OCH3 is 1. The summed E-state index contributed by atoms with van der Waals surface area (Å²) < 4.78 is 120. The fraction of sp³-hybridized carbons (Fsp3) is 0.200. The Labute approximate surface area is 190 Å². The lowest BCUT2D eigenvalue weighted by molar-refractivity contribution is -0.391. The summed E-state index contributed by atoms with van der Waals surface area (Å²) in [6, 6.07) is 5.54. The first-order valence-corrected chi connectivity index (χ1v) is 9.38. The third-order valence-electron chi connectivity index (χ3n) is 4.49. The Bertz CT molecular complexity index is 1270. The molecular weight excluding hydrogens is 496 g/mol. The maximum absolute atomic E-state index is 14.2. The molecule has 0 atom stereocenters. The number of rotatable bonds is 5. The summed E-state index contributed by atoms with van der Waals surface area (Å²) in [5.74, 6) is -3.44. The van der Waals surface area contributed by atoms with Crippen molar-refractivity contribution in [3.05, 3.63) is 54.0 Å². The topological polar surface area (TPSA) is 77.5 Å². The molecule has 0 fully saturated rings. The van der Waals surface area contributed by atoms with Gasteiger partial charge < -0.3 is 24.8 Å². The fourth-order valence-corrected chi connectivity index (χ4v) is 2.88. The van der Waals surface area contributed by atoms with E-state index < -0.39 is 47.1 Å². The van der Waals surface area contributed by atoms with Gasteiger partial charge >= 0.3 is 18.4 Å². The van der Waals surface area contributed by atoms with Crippen molar-refractivity contribution < 1.29 is 49.3 Å². The third-order valence-corrected chi connectivity index (χ3v) is 4.49. The quantitative estimate of drug-likeness (QED) is 0.404.